The fourth-order valence-corrected chi connectivity index (χ4v) is 2.82. The fraction of sp³-hybridized carbons (Fsp3) is 0.938. The lowest BCUT2D eigenvalue weighted by atomic mass is 9.93. The Labute approximate surface area is 129 Å². The van der Waals surface area contributed by atoms with Gasteiger partial charge >= 0.3 is 0 Å². The molecule has 124 valence electrons. The Hall–Kier alpha value is -0.650. The quantitative estimate of drug-likeness (QED) is 0.631. The van der Waals surface area contributed by atoms with Gasteiger partial charge in [-0.2, -0.15) is 0 Å². The van der Waals surface area contributed by atoms with Crippen LogP contribution in [-0.4, -0.2) is 55.7 Å². The third-order valence-electron chi connectivity index (χ3n) is 4.13. The van der Waals surface area contributed by atoms with Gasteiger partial charge in [-0.3, -0.25) is 4.79 Å². The van der Waals surface area contributed by atoms with E-state index in [-0.39, 0.29) is 11.9 Å². The summed E-state index contributed by atoms with van der Waals surface area (Å²) in [6, 6.07) is 0.411. The minimum Gasteiger partial charge on any atom is -0.382 e. The standard InChI is InChI=1S/C16H33N3O2/c1-4-21-11-5-9-19-10-8-15(13(2)12-19)18-16(20)7-6-14(3)17/h13-15H,4-12,17H2,1-3H3,(H,18,20). The van der Waals surface area contributed by atoms with E-state index in [1.807, 2.05) is 13.8 Å². The van der Waals surface area contributed by atoms with Gasteiger partial charge in [-0.05, 0) is 39.0 Å². The first-order valence-electron chi connectivity index (χ1n) is 8.38. The van der Waals surface area contributed by atoms with Gasteiger partial charge in [0.2, 0.25) is 5.91 Å². The first-order chi connectivity index (χ1) is 10.0. The summed E-state index contributed by atoms with van der Waals surface area (Å²) in [4.78, 5) is 14.4. The van der Waals surface area contributed by atoms with Crippen LogP contribution in [0, 0.1) is 5.92 Å². The minimum atomic E-state index is 0.0976. The Kier molecular flexibility index (Phi) is 8.88. The summed E-state index contributed by atoms with van der Waals surface area (Å²) in [5.41, 5.74) is 5.69. The Morgan fingerprint density at radius 1 is 1.52 bits per heavy atom. The summed E-state index contributed by atoms with van der Waals surface area (Å²) >= 11 is 0. The molecule has 5 heteroatoms. The zero-order valence-corrected chi connectivity index (χ0v) is 13.9. The van der Waals surface area contributed by atoms with Crippen LogP contribution in [-0.2, 0) is 9.53 Å². The second-order valence-electron chi connectivity index (χ2n) is 6.31. The topological polar surface area (TPSA) is 67.6 Å². The maximum atomic E-state index is 11.9. The summed E-state index contributed by atoms with van der Waals surface area (Å²) in [5.74, 6) is 0.652. The molecule has 0 spiro atoms. The third-order valence-corrected chi connectivity index (χ3v) is 4.13. The Bertz CT molecular complexity index is 297. The normalized spacial score (nSPS) is 24.8. The number of piperidine rings is 1. The molecule has 1 fully saturated rings. The van der Waals surface area contributed by atoms with Crippen molar-refractivity contribution in [1.29, 1.82) is 0 Å². The summed E-state index contributed by atoms with van der Waals surface area (Å²) in [5, 5.41) is 3.18. The van der Waals surface area contributed by atoms with Crippen molar-refractivity contribution in [2.75, 3.05) is 32.8 Å². The van der Waals surface area contributed by atoms with E-state index < -0.39 is 0 Å². The van der Waals surface area contributed by atoms with Crippen molar-refractivity contribution < 1.29 is 9.53 Å². The predicted molar refractivity (Wildman–Crippen MR) is 86.1 cm³/mol. The third kappa shape index (κ3) is 7.79. The lowest BCUT2D eigenvalue weighted by molar-refractivity contribution is -0.122. The molecule has 5 nitrogen and oxygen atoms in total. The summed E-state index contributed by atoms with van der Waals surface area (Å²) in [7, 11) is 0. The average Bonchev–Trinajstić information content (AvgIpc) is 2.44. The summed E-state index contributed by atoms with van der Waals surface area (Å²) < 4.78 is 5.38. The second kappa shape index (κ2) is 10.1. The molecular weight excluding hydrogens is 266 g/mol. The van der Waals surface area contributed by atoms with Gasteiger partial charge in [-0.1, -0.05) is 6.92 Å². The average molecular weight is 299 g/mol. The van der Waals surface area contributed by atoms with Crippen LogP contribution in [0.15, 0.2) is 0 Å². The molecule has 3 unspecified atom stereocenters. The van der Waals surface area contributed by atoms with Crippen molar-refractivity contribution in [3.63, 3.8) is 0 Å². The van der Waals surface area contributed by atoms with E-state index in [4.69, 9.17) is 10.5 Å². The van der Waals surface area contributed by atoms with Gasteiger partial charge in [0.15, 0.2) is 0 Å². The van der Waals surface area contributed by atoms with Crippen LogP contribution in [0.3, 0.4) is 0 Å². The molecule has 0 aromatic carbocycles. The van der Waals surface area contributed by atoms with Gasteiger partial charge < -0.3 is 20.7 Å². The Morgan fingerprint density at radius 3 is 2.90 bits per heavy atom. The molecular formula is C16H33N3O2. The number of carbonyl (C=O) groups is 1. The van der Waals surface area contributed by atoms with E-state index in [0.29, 0.717) is 18.4 Å². The highest BCUT2D eigenvalue weighted by atomic mass is 16.5. The van der Waals surface area contributed by atoms with E-state index in [9.17, 15) is 4.79 Å². The number of amides is 1. The molecule has 0 aliphatic carbocycles. The number of rotatable bonds is 9. The molecule has 0 saturated carbocycles. The molecule has 3 N–H and O–H groups in total. The number of hydrogen-bond acceptors (Lipinski definition) is 4. The van der Waals surface area contributed by atoms with Crippen molar-refractivity contribution in [2.45, 2.75) is 58.5 Å². The van der Waals surface area contributed by atoms with Crippen LogP contribution in [0.5, 0.6) is 0 Å². The number of likely N-dealkylation sites (tertiary alicyclic amines) is 1. The zero-order chi connectivity index (χ0) is 15.7. The smallest absolute Gasteiger partial charge is 0.220 e. The Balaban J connectivity index is 2.21. The van der Waals surface area contributed by atoms with Crippen LogP contribution in [0.1, 0.15) is 46.5 Å². The number of nitrogens with two attached hydrogens (primary N) is 1. The molecule has 1 amide bonds. The molecule has 0 radical (unpaired) electrons. The van der Waals surface area contributed by atoms with E-state index in [2.05, 4.69) is 17.1 Å². The molecule has 0 aromatic rings. The number of carbonyl (C=O) groups excluding carboxylic acids is 1. The monoisotopic (exact) mass is 299 g/mol. The van der Waals surface area contributed by atoms with Crippen LogP contribution in [0.4, 0.5) is 0 Å². The van der Waals surface area contributed by atoms with Crippen LogP contribution in [0.2, 0.25) is 0 Å². The highest BCUT2D eigenvalue weighted by Crippen LogP contribution is 2.17. The largest absolute Gasteiger partial charge is 0.382 e. The number of hydrogen-bond donors (Lipinski definition) is 2. The van der Waals surface area contributed by atoms with Crippen LogP contribution >= 0.6 is 0 Å². The van der Waals surface area contributed by atoms with Gasteiger partial charge in [-0.25, -0.2) is 0 Å². The molecule has 0 aromatic heterocycles. The molecule has 1 saturated heterocycles. The van der Waals surface area contributed by atoms with E-state index in [1.165, 1.54) is 0 Å². The first kappa shape index (κ1) is 18.4. The second-order valence-corrected chi connectivity index (χ2v) is 6.31. The van der Waals surface area contributed by atoms with Crippen molar-refractivity contribution in [3.8, 4) is 0 Å². The molecule has 3 atom stereocenters. The van der Waals surface area contributed by atoms with Gasteiger partial charge in [-0.15, -0.1) is 0 Å². The van der Waals surface area contributed by atoms with E-state index in [1.54, 1.807) is 0 Å². The van der Waals surface area contributed by atoms with Crippen LogP contribution in [0.25, 0.3) is 0 Å². The molecule has 0 bridgehead atoms. The number of nitrogens with zero attached hydrogens (tertiary/aromatic N) is 1. The molecule has 1 aliphatic rings. The van der Waals surface area contributed by atoms with Gasteiger partial charge in [0.05, 0.1) is 0 Å². The minimum absolute atomic E-state index is 0.0976. The number of ether oxygens (including phenoxy) is 1. The van der Waals surface area contributed by atoms with Crippen molar-refractivity contribution in [1.82, 2.24) is 10.2 Å². The molecule has 1 aliphatic heterocycles. The fourth-order valence-electron chi connectivity index (χ4n) is 2.82. The maximum Gasteiger partial charge on any atom is 0.220 e. The molecule has 1 rings (SSSR count). The van der Waals surface area contributed by atoms with Crippen LogP contribution < -0.4 is 11.1 Å². The molecule has 1 heterocycles. The lowest BCUT2D eigenvalue weighted by Gasteiger charge is -2.37. The van der Waals surface area contributed by atoms with Gasteiger partial charge in [0, 0.05) is 51.4 Å². The van der Waals surface area contributed by atoms with Crippen molar-refractivity contribution in [2.24, 2.45) is 11.7 Å². The summed E-state index contributed by atoms with van der Waals surface area (Å²) in [6.45, 7) is 11.1. The van der Waals surface area contributed by atoms with Crippen molar-refractivity contribution in [3.05, 3.63) is 0 Å². The van der Waals surface area contributed by atoms with Gasteiger partial charge in [0.25, 0.3) is 0 Å². The lowest BCUT2D eigenvalue weighted by Crippen LogP contribution is -2.50. The SMILES string of the molecule is CCOCCCN1CCC(NC(=O)CCC(C)N)C(C)C1. The van der Waals surface area contributed by atoms with E-state index >= 15 is 0 Å². The highest BCUT2D eigenvalue weighted by Gasteiger charge is 2.26. The maximum absolute atomic E-state index is 11.9. The predicted octanol–water partition coefficient (Wildman–Crippen LogP) is 1.37. The first-order valence-corrected chi connectivity index (χ1v) is 8.38. The Morgan fingerprint density at radius 2 is 2.29 bits per heavy atom. The van der Waals surface area contributed by atoms with E-state index in [0.717, 1.165) is 52.1 Å². The van der Waals surface area contributed by atoms with Gasteiger partial charge in [0.1, 0.15) is 0 Å². The zero-order valence-electron chi connectivity index (χ0n) is 13.9. The number of nitrogens with one attached hydrogen (secondary N) is 1. The van der Waals surface area contributed by atoms with Crippen molar-refractivity contribution >= 4 is 5.91 Å². The molecule has 21 heavy (non-hydrogen) atoms. The highest BCUT2D eigenvalue weighted by molar-refractivity contribution is 5.76. The summed E-state index contributed by atoms with van der Waals surface area (Å²) in [6.07, 6.45) is 3.43.